The minimum Gasteiger partial charge on any atom is -0.383 e. The summed E-state index contributed by atoms with van der Waals surface area (Å²) in [5.41, 5.74) is 14.7. The number of amides is 2. The third-order valence-corrected chi connectivity index (χ3v) is 6.49. The SMILES string of the molecule is C=CC(=O)N1CC2(CC(n3nc(-c4ccc(C(C)OCC)cc4)c(C(N)=O)c3N)C2)C1. The first kappa shape index (κ1) is 21.1. The zero-order valence-electron chi connectivity index (χ0n) is 18.0. The Hall–Kier alpha value is -3.13. The average molecular weight is 424 g/mol. The molecule has 2 aromatic rings. The number of carbonyl (C=O) groups excluding carboxylic acids is 2. The Balaban J connectivity index is 1.55. The van der Waals surface area contributed by atoms with Crippen LogP contribution in [0.5, 0.6) is 0 Å². The lowest BCUT2D eigenvalue weighted by molar-refractivity contribution is -0.148. The molecule has 1 aliphatic heterocycles. The molecule has 1 aromatic heterocycles. The number of likely N-dealkylation sites (tertiary alicyclic amines) is 1. The Morgan fingerprint density at radius 3 is 2.52 bits per heavy atom. The predicted octanol–water partition coefficient (Wildman–Crippen LogP) is 2.68. The van der Waals surface area contributed by atoms with Crippen molar-refractivity contribution in [2.24, 2.45) is 11.1 Å². The van der Waals surface area contributed by atoms with E-state index in [1.807, 2.05) is 38.1 Å². The van der Waals surface area contributed by atoms with Gasteiger partial charge in [-0.05, 0) is 38.3 Å². The molecule has 1 aromatic carbocycles. The predicted molar refractivity (Wildman–Crippen MR) is 118 cm³/mol. The Morgan fingerprint density at radius 2 is 1.97 bits per heavy atom. The quantitative estimate of drug-likeness (QED) is 0.664. The summed E-state index contributed by atoms with van der Waals surface area (Å²) in [4.78, 5) is 25.7. The fourth-order valence-corrected chi connectivity index (χ4v) is 4.85. The fourth-order valence-electron chi connectivity index (χ4n) is 4.85. The normalized spacial score (nSPS) is 18.3. The van der Waals surface area contributed by atoms with E-state index in [-0.39, 0.29) is 29.0 Å². The molecule has 2 heterocycles. The lowest BCUT2D eigenvalue weighted by Crippen LogP contribution is -2.63. The van der Waals surface area contributed by atoms with Crippen molar-refractivity contribution in [1.82, 2.24) is 14.7 Å². The summed E-state index contributed by atoms with van der Waals surface area (Å²) in [5.74, 6) is -0.327. The van der Waals surface area contributed by atoms with E-state index < -0.39 is 5.91 Å². The van der Waals surface area contributed by atoms with E-state index >= 15 is 0 Å². The Kier molecular flexibility index (Phi) is 5.35. The minimum atomic E-state index is -0.592. The molecule has 0 radical (unpaired) electrons. The number of anilines is 1. The van der Waals surface area contributed by atoms with Crippen LogP contribution >= 0.6 is 0 Å². The summed E-state index contributed by atoms with van der Waals surface area (Å²) in [7, 11) is 0. The summed E-state index contributed by atoms with van der Waals surface area (Å²) in [5, 5.41) is 4.69. The van der Waals surface area contributed by atoms with Crippen molar-refractivity contribution in [3.8, 4) is 11.3 Å². The van der Waals surface area contributed by atoms with Crippen LogP contribution in [0.25, 0.3) is 11.3 Å². The molecule has 4 N–H and O–H groups in total. The van der Waals surface area contributed by atoms with Gasteiger partial charge in [0.25, 0.3) is 5.91 Å². The zero-order valence-corrected chi connectivity index (χ0v) is 18.0. The van der Waals surface area contributed by atoms with Crippen LogP contribution in [0, 0.1) is 5.41 Å². The number of aromatic nitrogens is 2. The second-order valence-corrected chi connectivity index (χ2v) is 8.60. The van der Waals surface area contributed by atoms with Crippen LogP contribution in [0.3, 0.4) is 0 Å². The number of benzene rings is 1. The average Bonchev–Trinajstić information content (AvgIpc) is 3.03. The van der Waals surface area contributed by atoms with Gasteiger partial charge in [-0.15, -0.1) is 0 Å². The van der Waals surface area contributed by atoms with E-state index in [4.69, 9.17) is 21.3 Å². The van der Waals surface area contributed by atoms with Crippen LogP contribution in [-0.4, -0.2) is 46.2 Å². The van der Waals surface area contributed by atoms with Gasteiger partial charge in [-0.1, -0.05) is 30.8 Å². The summed E-state index contributed by atoms with van der Waals surface area (Å²) in [6, 6.07) is 7.85. The maximum Gasteiger partial charge on any atom is 0.254 e. The second kappa shape index (κ2) is 7.85. The van der Waals surface area contributed by atoms with Gasteiger partial charge in [-0.3, -0.25) is 9.59 Å². The van der Waals surface area contributed by atoms with E-state index in [1.165, 1.54) is 6.08 Å². The van der Waals surface area contributed by atoms with E-state index in [0.717, 1.165) is 37.1 Å². The molecule has 4 rings (SSSR count). The van der Waals surface area contributed by atoms with Crippen molar-refractivity contribution in [1.29, 1.82) is 0 Å². The van der Waals surface area contributed by atoms with Crippen molar-refractivity contribution >= 4 is 17.6 Å². The maximum absolute atomic E-state index is 12.2. The molecule has 1 spiro atoms. The first-order valence-electron chi connectivity index (χ1n) is 10.6. The highest BCUT2D eigenvalue weighted by molar-refractivity contribution is 6.03. The van der Waals surface area contributed by atoms with Crippen LogP contribution < -0.4 is 11.5 Å². The van der Waals surface area contributed by atoms with Crippen LogP contribution in [-0.2, 0) is 9.53 Å². The van der Waals surface area contributed by atoms with Gasteiger partial charge in [0.15, 0.2) is 0 Å². The molecule has 8 nitrogen and oxygen atoms in total. The molecule has 164 valence electrons. The highest BCUT2D eigenvalue weighted by Gasteiger charge is 2.54. The van der Waals surface area contributed by atoms with Gasteiger partial charge in [0.2, 0.25) is 5.91 Å². The number of nitrogen functional groups attached to an aromatic ring is 1. The van der Waals surface area contributed by atoms with Crippen LogP contribution in [0.15, 0.2) is 36.9 Å². The van der Waals surface area contributed by atoms with Crippen molar-refractivity contribution in [3.63, 3.8) is 0 Å². The summed E-state index contributed by atoms with van der Waals surface area (Å²) >= 11 is 0. The highest BCUT2D eigenvalue weighted by atomic mass is 16.5. The Morgan fingerprint density at radius 1 is 1.32 bits per heavy atom. The van der Waals surface area contributed by atoms with E-state index in [0.29, 0.717) is 18.1 Å². The summed E-state index contributed by atoms with van der Waals surface area (Å²) in [6.45, 7) is 9.59. The monoisotopic (exact) mass is 423 g/mol. The van der Waals surface area contributed by atoms with Gasteiger partial charge in [0, 0.05) is 30.7 Å². The Labute approximate surface area is 181 Å². The van der Waals surface area contributed by atoms with Gasteiger partial charge in [-0.2, -0.15) is 5.10 Å². The topological polar surface area (TPSA) is 116 Å². The van der Waals surface area contributed by atoms with Crippen molar-refractivity contribution < 1.29 is 14.3 Å². The zero-order chi connectivity index (χ0) is 22.3. The first-order valence-corrected chi connectivity index (χ1v) is 10.6. The molecule has 2 aliphatic rings. The summed E-state index contributed by atoms with van der Waals surface area (Å²) in [6.07, 6.45) is 3.06. The third kappa shape index (κ3) is 3.61. The number of hydrogen-bond donors (Lipinski definition) is 2. The molecular formula is C23H29N5O3. The smallest absolute Gasteiger partial charge is 0.254 e. The van der Waals surface area contributed by atoms with E-state index in [9.17, 15) is 9.59 Å². The second-order valence-electron chi connectivity index (χ2n) is 8.60. The molecule has 1 saturated carbocycles. The van der Waals surface area contributed by atoms with Crippen molar-refractivity contribution in [2.75, 3.05) is 25.4 Å². The largest absolute Gasteiger partial charge is 0.383 e. The van der Waals surface area contributed by atoms with E-state index in [1.54, 1.807) is 9.58 Å². The van der Waals surface area contributed by atoms with E-state index in [2.05, 4.69) is 6.58 Å². The first-order chi connectivity index (χ1) is 14.8. The van der Waals surface area contributed by atoms with Crippen molar-refractivity contribution in [2.45, 2.75) is 38.8 Å². The number of ether oxygens (including phenoxy) is 1. The van der Waals surface area contributed by atoms with Gasteiger partial charge in [0.1, 0.15) is 17.1 Å². The number of carbonyl (C=O) groups is 2. The number of hydrogen-bond acceptors (Lipinski definition) is 5. The standard InChI is InChI=1S/C23H29N5O3/c1-4-18(29)27-12-23(13-27)10-17(11-23)28-21(24)19(22(25)30)20(26-28)16-8-6-15(7-9-16)14(3)31-5-2/h4,6-9,14,17H,1,5,10-13,24H2,2-3H3,(H2,25,30). The number of primary amides is 1. The summed E-state index contributed by atoms with van der Waals surface area (Å²) < 4.78 is 7.37. The lowest BCUT2D eigenvalue weighted by atomic mass is 9.60. The van der Waals surface area contributed by atoms with Crippen LogP contribution in [0.2, 0.25) is 0 Å². The van der Waals surface area contributed by atoms with Gasteiger partial charge in [0.05, 0.1) is 12.1 Å². The minimum absolute atomic E-state index is 0.0153. The molecular weight excluding hydrogens is 394 g/mol. The molecule has 1 atom stereocenters. The number of nitrogens with zero attached hydrogens (tertiary/aromatic N) is 3. The van der Waals surface area contributed by atoms with Gasteiger partial charge >= 0.3 is 0 Å². The van der Waals surface area contributed by atoms with Gasteiger partial charge < -0.3 is 21.1 Å². The number of rotatable bonds is 7. The van der Waals surface area contributed by atoms with Crippen molar-refractivity contribution in [3.05, 3.63) is 48.0 Å². The lowest BCUT2D eigenvalue weighted by Gasteiger charge is -2.58. The van der Waals surface area contributed by atoms with Crippen LogP contribution in [0.1, 0.15) is 54.8 Å². The molecule has 31 heavy (non-hydrogen) atoms. The third-order valence-electron chi connectivity index (χ3n) is 6.49. The molecule has 2 amide bonds. The molecule has 2 fully saturated rings. The molecule has 1 aliphatic carbocycles. The number of nitrogens with two attached hydrogens (primary N) is 2. The van der Waals surface area contributed by atoms with Gasteiger partial charge in [-0.25, -0.2) is 4.68 Å². The van der Waals surface area contributed by atoms with Crippen LogP contribution in [0.4, 0.5) is 5.82 Å². The Bertz CT molecular complexity index is 1010. The highest BCUT2D eigenvalue weighted by Crippen LogP contribution is 2.54. The molecule has 8 heteroatoms. The molecule has 1 unspecified atom stereocenters. The fraction of sp³-hybridized carbons (Fsp3) is 0.435. The molecule has 0 bridgehead atoms. The molecule has 1 saturated heterocycles. The maximum atomic E-state index is 12.2.